The molecule has 0 aliphatic rings. The van der Waals surface area contributed by atoms with Gasteiger partial charge in [-0.1, -0.05) is 25.8 Å². The monoisotopic (exact) mass is 395 g/mol. The lowest BCUT2D eigenvalue weighted by atomic mass is 10.1. The van der Waals surface area contributed by atoms with E-state index in [1.807, 2.05) is 42.5 Å². The summed E-state index contributed by atoms with van der Waals surface area (Å²) in [6.07, 6.45) is 3.47. The molecular weight excluding hydrogens is 366 g/mol. The number of aromatic nitrogens is 2. The van der Waals surface area contributed by atoms with Crippen LogP contribution in [0.3, 0.4) is 0 Å². The molecule has 3 rings (SSSR count). The van der Waals surface area contributed by atoms with E-state index in [0.717, 1.165) is 41.7 Å². The first-order valence-electron chi connectivity index (χ1n) is 10.0. The molecule has 6 heteroatoms. The molecule has 0 aliphatic carbocycles. The summed E-state index contributed by atoms with van der Waals surface area (Å²) in [6.45, 7) is 6.18. The molecule has 0 atom stereocenters. The van der Waals surface area contributed by atoms with Gasteiger partial charge in [0.05, 0.1) is 14.2 Å². The highest BCUT2D eigenvalue weighted by Crippen LogP contribution is 2.41. The molecule has 0 fully saturated rings. The lowest BCUT2D eigenvalue weighted by Crippen LogP contribution is -2.14. The Kier molecular flexibility index (Phi) is 6.42. The highest BCUT2D eigenvalue weighted by molar-refractivity contribution is 5.95. The van der Waals surface area contributed by atoms with Gasteiger partial charge in [0.25, 0.3) is 0 Å². The van der Waals surface area contributed by atoms with Crippen molar-refractivity contribution in [3.05, 3.63) is 41.6 Å². The average Bonchev–Trinajstić information content (AvgIpc) is 3.05. The van der Waals surface area contributed by atoms with Crippen LogP contribution in [-0.2, 0) is 4.79 Å². The summed E-state index contributed by atoms with van der Waals surface area (Å²) in [4.78, 5) is 17.5. The van der Waals surface area contributed by atoms with Crippen molar-refractivity contribution in [1.82, 2.24) is 9.38 Å². The Morgan fingerprint density at radius 1 is 1.14 bits per heavy atom. The topological polar surface area (TPSA) is 64.9 Å². The molecule has 0 saturated carbocycles. The first kappa shape index (κ1) is 20.7. The van der Waals surface area contributed by atoms with Crippen LogP contribution in [0.4, 0.5) is 5.82 Å². The number of rotatable bonds is 8. The number of aryl methyl sites for hydroxylation is 2. The molecule has 0 saturated heterocycles. The maximum atomic E-state index is 12.7. The van der Waals surface area contributed by atoms with Crippen LogP contribution in [-0.4, -0.2) is 29.5 Å². The van der Waals surface area contributed by atoms with Gasteiger partial charge in [-0.2, -0.15) is 0 Å². The molecule has 1 aromatic carbocycles. The largest absolute Gasteiger partial charge is 0.493 e. The molecule has 2 heterocycles. The van der Waals surface area contributed by atoms with E-state index in [-0.39, 0.29) is 5.91 Å². The smallest absolute Gasteiger partial charge is 0.225 e. The zero-order valence-corrected chi connectivity index (χ0v) is 17.8. The minimum absolute atomic E-state index is 0.0108. The van der Waals surface area contributed by atoms with Crippen molar-refractivity contribution in [2.24, 2.45) is 0 Å². The van der Waals surface area contributed by atoms with Gasteiger partial charge in [0.1, 0.15) is 17.2 Å². The van der Waals surface area contributed by atoms with Gasteiger partial charge in [0.15, 0.2) is 11.5 Å². The third kappa shape index (κ3) is 4.21. The van der Waals surface area contributed by atoms with Crippen LogP contribution in [0.2, 0.25) is 0 Å². The Balaban J connectivity index is 2.17. The summed E-state index contributed by atoms with van der Waals surface area (Å²) in [5, 5.41) is 3.11. The molecule has 1 amide bonds. The number of carbonyl (C=O) groups is 1. The van der Waals surface area contributed by atoms with E-state index in [1.165, 1.54) is 0 Å². The highest BCUT2D eigenvalue weighted by Gasteiger charge is 2.22. The Morgan fingerprint density at radius 3 is 2.62 bits per heavy atom. The van der Waals surface area contributed by atoms with E-state index in [2.05, 4.69) is 18.3 Å². The number of unbranched alkanes of at least 4 members (excludes halogenated alkanes) is 2. The number of hydrogen-bond acceptors (Lipinski definition) is 4. The average molecular weight is 396 g/mol. The fraction of sp³-hybridized carbons (Fsp3) is 0.391. The van der Waals surface area contributed by atoms with Crippen LogP contribution in [0.25, 0.3) is 16.9 Å². The Labute approximate surface area is 171 Å². The van der Waals surface area contributed by atoms with Crippen molar-refractivity contribution in [3.8, 4) is 22.8 Å². The maximum Gasteiger partial charge on any atom is 0.225 e. The Bertz CT molecular complexity index is 1020. The van der Waals surface area contributed by atoms with E-state index in [0.29, 0.717) is 29.4 Å². The fourth-order valence-electron chi connectivity index (χ4n) is 3.64. The summed E-state index contributed by atoms with van der Waals surface area (Å²) in [6, 6.07) is 9.75. The van der Waals surface area contributed by atoms with Crippen molar-refractivity contribution < 1.29 is 14.3 Å². The lowest BCUT2D eigenvalue weighted by molar-refractivity contribution is -0.116. The molecule has 3 aromatic rings. The van der Waals surface area contributed by atoms with Crippen LogP contribution in [0.15, 0.2) is 30.3 Å². The van der Waals surface area contributed by atoms with Gasteiger partial charge in [-0.25, -0.2) is 4.98 Å². The highest BCUT2D eigenvalue weighted by atomic mass is 16.5. The predicted octanol–water partition coefficient (Wildman–Crippen LogP) is 5.15. The zero-order valence-electron chi connectivity index (χ0n) is 17.8. The minimum Gasteiger partial charge on any atom is -0.493 e. The fourth-order valence-corrected chi connectivity index (χ4v) is 3.64. The number of amides is 1. The summed E-state index contributed by atoms with van der Waals surface area (Å²) < 4.78 is 13.1. The van der Waals surface area contributed by atoms with E-state index in [9.17, 15) is 4.79 Å². The van der Waals surface area contributed by atoms with Crippen LogP contribution in [0, 0.1) is 13.8 Å². The van der Waals surface area contributed by atoms with Crippen LogP contribution in [0.1, 0.15) is 43.9 Å². The molecule has 0 aliphatic heterocycles. The van der Waals surface area contributed by atoms with E-state index in [1.54, 1.807) is 14.2 Å². The molecule has 0 bridgehead atoms. The third-order valence-corrected chi connectivity index (χ3v) is 4.97. The normalized spacial score (nSPS) is 10.9. The first-order valence-corrected chi connectivity index (χ1v) is 10.0. The van der Waals surface area contributed by atoms with E-state index >= 15 is 0 Å². The summed E-state index contributed by atoms with van der Waals surface area (Å²) in [5.41, 5.74) is 4.34. The second-order valence-electron chi connectivity index (χ2n) is 7.22. The number of imidazole rings is 1. The molecule has 29 heavy (non-hydrogen) atoms. The second-order valence-corrected chi connectivity index (χ2v) is 7.22. The maximum absolute atomic E-state index is 12.7. The van der Waals surface area contributed by atoms with Gasteiger partial charge in [0, 0.05) is 17.7 Å². The summed E-state index contributed by atoms with van der Waals surface area (Å²) >= 11 is 0. The number of nitrogens with one attached hydrogen (secondary N) is 1. The molecule has 154 valence electrons. The number of ether oxygens (including phenoxy) is 2. The molecule has 2 aromatic heterocycles. The summed E-state index contributed by atoms with van der Waals surface area (Å²) in [7, 11) is 3.21. The molecule has 1 N–H and O–H groups in total. The standard InChI is InChI=1S/C23H29N3O3/c1-6-7-8-12-20(27)25-23-21(17-10-9-11-18(28-4)22(17)29-5)24-19-14-15(2)13-16(3)26(19)23/h9-11,13-14H,6-8,12H2,1-5H3,(H,25,27). The Morgan fingerprint density at radius 2 is 1.93 bits per heavy atom. The van der Waals surface area contributed by atoms with Crippen LogP contribution >= 0.6 is 0 Å². The van der Waals surface area contributed by atoms with E-state index < -0.39 is 0 Å². The van der Waals surface area contributed by atoms with Gasteiger partial charge in [-0.3, -0.25) is 9.20 Å². The molecule has 0 radical (unpaired) electrons. The number of para-hydroxylation sites is 1. The van der Waals surface area contributed by atoms with Crippen molar-refractivity contribution in [1.29, 1.82) is 0 Å². The summed E-state index contributed by atoms with van der Waals surface area (Å²) in [5.74, 6) is 1.86. The number of benzene rings is 1. The Hall–Kier alpha value is -3.02. The number of hydrogen-bond donors (Lipinski definition) is 1. The van der Waals surface area contributed by atoms with Gasteiger partial charge < -0.3 is 14.8 Å². The van der Waals surface area contributed by atoms with Gasteiger partial charge in [-0.05, 0) is 50.1 Å². The molecule has 0 unspecified atom stereocenters. The minimum atomic E-state index is -0.0108. The number of fused-ring (bicyclic) bond motifs is 1. The predicted molar refractivity (Wildman–Crippen MR) is 116 cm³/mol. The number of nitrogens with zero attached hydrogens (tertiary/aromatic N) is 2. The number of methoxy groups -OCH3 is 2. The molecule has 6 nitrogen and oxygen atoms in total. The number of pyridine rings is 1. The van der Waals surface area contributed by atoms with Crippen molar-refractivity contribution >= 4 is 17.4 Å². The zero-order chi connectivity index (χ0) is 21.0. The van der Waals surface area contributed by atoms with Crippen molar-refractivity contribution in [3.63, 3.8) is 0 Å². The van der Waals surface area contributed by atoms with Crippen LogP contribution < -0.4 is 14.8 Å². The third-order valence-electron chi connectivity index (χ3n) is 4.97. The first-order chi connectivity index (χ1) is 14.0. The van der Waals surface area contributed by atoms with Crippen molar-refractivity contribution in [2.45, 2.75) is 46.5 Å². The van der Waals surface area contributed by atoms with Crippen molar-refractivity contribution in [2.75, 3.05) is 19.5 Å². The molecule has 0 spiro atoms. The SMILES string of the molecule is CCCCCC(=O)Nc1c(-c2cccc(OC)c2OC)nc2cc(C)cc(C)n12. The van der Waals surface area contributed by atoms with Crippen LogP contribution in [0.5, 0.6) is 11.5 Å². The number of carbonyl (C=O) groups excluding carboxylic acids is 1. The quantitative estimate of drug-likeness (QED) is 0.536. The van der Waals surface area contributed by atoms with Gasteiger partial charge in [0.2, 0.25) is 5.91 Å². The number of anilines is 1. The van der Waals surface area contributed by atoms with E-state index in [4.69, 9.17) is 14.5 Å². The van der Waals surface area contributed by atoms with Gasteiger partial charge >= 0.3 is 0 Å². The molecular formula is C23H29N3O3. The lowest BCUT2D eigenvalue weighted by Gasteiger charge is -2.14. The second kappa shape index (κ2) is 8.99. The van der Waals surface area contributed by atoms with Gasteiger partial charge in [-0.15, -0.1) is 0 Å².